The number of nitrogens with one attached hydrogen (secondary N) is 7. The zero-order valence-electron chi connectivity index (χ0n) is 72.5. The number of nitrogens with zero attached hydrogens (tertiary/aromatic N) is 6. The number of carbonyl (C=O) groups is 16. The summed E-state index contributed by atoms with van der Waals surface area (Å²) in [6, 6.07) is 3.76. The molecule has 3 heterocycles. The third-order valence-electron chi connectivity index (χ3n) is 22.4. The average Bonchev–Trinajstić information content (AvgIpc) is 1.65. The van der Waals surface area contributed by atoms with E-state index in [2.05, 4.69) is 37.2 Å². The molecule has 0 radical (unpaired) electrons. The Morgan fingerprint density at radius 2 is 1.40 bits per heavy atom. The van der Waals surface area contributed by atoms with Crippen LogP contribution < -0.4 is 47.7 Å². The van der Waals surface area contributed by atoms with Crippen molar-refractivity contribution in [3.63, 3.8) is 0 Å². The number of urea groups is 1. The number of methoxy groups -OCH3 is 3. The van der Waals surface area contributed by atoms with Crippen molar-refractivity contribution in [2.75, 3.05) is 99.9 Å². The Hall–Kier alpha value is -10.1. The molecule has 9 N–H and O–H groups in total. The molecule has 0 spiro atoms. The number of rotatable bonds is 49. The van der Waals surface area contributed by atoms with Gasteiger partial charge in [0.15, 0.2) is 17.3 Å². The van der Waals surface area contributed by atoms with E-state index in [0.29, 0.717) is 60.6 Å². The number of primary amides is 1. The lowest BCUT2D eigenvalue weighted by Crippen LogP contribution is -2.59. The largest absolute Gasteiger partial charge is 0.494 e. The van der Waals surface area contributed by atoms with Gasteiger partial charge in [0.1, 0.15) is 30.8 Å². The maximum atomic E-state index is 15.1. The summed E-state index contributed by atoms with van der Waals surface area (Å²) in [6.07, 6.45) is -1.69. The number of hydrogen-bond acceptors (Lipinski definition) is 24. The van der Waals surface area contributed by atoms with Gasteiger partial charge in [-0.15, -0.1) is 16.8 Å². The van der Waals surface area contributed by atoms with Crippen LogP contribution in [0.15, 0.2) is 42.5 Å². The first-order valence-corrected chi connectivity index (χ1v) is 42.3. The molecule has 38 heteroatoms. The molecule has 12 atom stereocenters. The standard InChI is InChI=1S/C83H125FN14O22S/c1-17-50(8)72(95(13)79(111)70(48(4)5)92-77(109)71(49(6)7)93(10)11)61(116-15)40-66(103)97-44-55(39-58(97)73(117-16)51(9)74(106)88-43-59(99)53-26-29-60(115-14)56(84)38-53)119-81(113)87-35-37-94(12)82(114)118-45-52-24-27-54(28-25-52)89-75(107)57(22-21-34-86-80(85)112)90-76(108)69(47(2)3)91-63(100)23-19-18-20-36-96-67(104)41-62(78(96)110)121-46-83(32-33-83)42-68(105)120-98-64(101)30-31-65(98)102/h24-29,38,47-51,55,57-58,61-62,69-73H,17-23,30-37,39-46H2,1-16H3,(H,87,113)(H,88,106)(H,89,107)(H,90,108)(H,91,100)(H,92,109)(H3,85,86,112)/t50-,51+,55-,57?,58-,61+,62?,69-,70-,71-,72?,73+/m0/s1. The van der Waals surface area contributed by atoms with Crippen molar-refractivity contribution in [3.05, 3.63) is 59.4 Å². The summed E-state index contributed by atoms with van der Waals surface area (Å²) < 4.78 is 43.2. The molecule has 2 aromatic rings. The molecule has 1 saturated carbocycles. The molecule has 0 aromatic heterocycles. The first-order chi connectivity index (χ1) is 57.2. The highest BCUT2D eigenvalue weighted by Gasteiger charge is 2.50. The van der Waals surface area contributed by atoms with Crippen LogP contribution in [-0.2, 0) is 87.9 Å². The minimum Gasteiger partial charge on any atom is -0.494 e. The fourth-order valence-corrected chi connectivity index (χ4v) is 16.5. The maximum absolute atomic E-state index is 15.1. The molecule has 2 aromatic carbocycles. The topological polar surface area (TPSA) is 458 Å². The lowest BCUT2D eigenvalue weighted by Gasteiger charge is -2.41. The van der Waals surface area contributed by atoms with Gasteiger partial charge in [0.2, 0.25) is 53.2 Å². The van der Waals surface area contributed by atoms with Crippen LogP contribution in [0.25, 0.3) is 0 Å². The molecule has 121 heavy (non-hydrogen) atoms. The molecule has 1 aliphatic carbocycles. The third kappa shape index (κ3) is 29.3. The van der Waals surface area contributed by atoms with Gasteiger partial charge in [0.05, 0.1) is 74.5 Å². The van der Waals surface area contributed by atoms with Crippen LogP contribution in [0.2, 0.25) is 0 Å². The molecule has 3 aliphatic heterocycles. The second-order valence-electron chi connectivity index (χ2n) is 32.8. The molecular formula is C83H125FN14O22S. The Morgan fingerprint density at radius 3 is 1.98 bits per heavy atom. The number of ether oxygens (including phenoxy) is 5. The number of hydrogen-bond donors (Lipinski definition) is 8. The minimum absolute atomic E-state index is 0.00330. The number of ketones is 1. The Kier molecular flexibility index (Phi) is 39.0. The molecule has 3 unspecified atom stereocenters. The van der Waals surface area contributed by atoms with Crippen molar-refractivity contribution >= 4 is 112 Å². The highest BCUT2D eigenvalue weighted by Crippen LogP contribution is 2.52. The number of Topliss-reactive ketones (excluding diaryl/α,β-unsaturated/α-hetero) is 1. The van der Waals surface area contributed by atoms with Crippen molar-refractivity contribution in [2.45, 2.75) is 225 Å². The predicted molar refractivity (Wildman–Crippen MR) is 442 cm³/mol. The molecule has 36 nitrogen and oxygen atoms in total. The van der Waals surface area contributed by atoms with E-state index >= 15 is 4.79 Å². The molecule has 4 aliphatic rings. The molecule has 3 saturated heterocycles. The Balaban J connectivity index is 1.00. The summed E-state index contributed by atoms with van der Waals surface area (Å²) in [4.78, 5) is 225. The van der Waals surface area contributed by atoms with E-state index in [-0.39, 0.29) is 144 Å². The van der Waals surface area contributed by atoms with Crippen molar-refractivity contribution < 1.29 is 110 Å². The van der Waals surface area contributed by atoms with Crippen molar-refractivity contribution in [1.29, 1.82) is 0 Å². The number of anilines is 1. The lowest BCUT2D eigenvalue weighted by molar-refractivity contribution is -0.198. The Morgan fingerprint density at radius 1 is 0.727 bits per heavy atom. The van der Waals surface area contributed by atoms with Gasteiger partial charge in [-0.25, -0.2) is 23.6 Å². The Labute approximate surface area is 711 Å². The quantitative estimate of drug-likeness (QED) is 0.0246. The molecule has 15 amide bonds. The fraction of sp³-hybridized carbons (Fsp3) is 0.663. The number of imide groups is 2. The summed E-state index contributed by atoms with van der Waals surface area (Å²) in [6.45, 7) is 15.4. The first kappa shape index (κ1) is 99.7. The van der Waals surface area contributed by atoms with Gasteiger partial charge in [-0.1, -0.05) is 87.3 Å². The Bertz CT molecular complexity index is 3960. The SMILES string of the molecule is CC[C@H](C)C([C@@H](CC(=O)N1C[C@@H](OC(=O)NCCN(C)C(=O)OCc2ccc(NC(=O)C(CCCNC(N)=O)NC(=O)[C@@H](NC(=O)CCCCCN3C(=O)CC(SCC4(CC(=O)ON5C(=O)CCC5=O)CC4)C3=O)C(C)C)cc2)C[C@H]1[C@H](OC)[C@@H](C)C(=O)NCC(=O)c1ccc(OC)c(F)c1)OC)N(C)C(=O)[C@@H](NC(=O)[C@H](C(C)C)N(C)C)C(C)C. The number of unbranched alkanes of at least 4 members (excludes halogenated alkanes) is 2. The number of amides is 15. The molecular weight excluding hydrogens is 1600 g/mol. The van der Waals surface area contributed by atoms with Crippen LogP contribution in [-0.4, -0.2) is 279 Å². The maximum Gasteiger partial charge on any atom is 0.409 e. The van der Waals surface area contributed by atoms with E-state index in [1.54, 1.807) is 71.1 Å². The van der Waals surface area contributed by atoms with E-state index in [0.717, 1.165) is 6.07 Å². The number of carbonyl (C=O) groups excluding carboxylic acids is 16. The van der Waals surface area contributed by atoms with E-state index in [1.165, 1.54) is 71.9 Å². The number of nitrogens with two attached hydrogens (primary N) is 1. The lowest BCUT2D eigenvalue weighted by atomic mass is 9.89. The molecule has 6 rings (SSSR count). The van der Waals surface area contributed by atoms with E-state index in [4.69, 9.17) is 34.3 Å². The van der Waals surface area contributed by atoms with E-state index < -0.39 is 167 Å². The van der Waals surface area contributed by atoms with Crippen LogP contribution in [0.4, 0.5) is 24.5 Å². The number of likely N-dealkylation sites (tertiary alicyclic amines) is 2. The average molecular weight is 1720 g/mol. The van der Waals surface area contributed by atoms with Gasteiger partial charge in [0, 0.05) is 104 Å². The molecule has 4 fully saturated rings. The molecule has 0 bridgehead atoms. The van der Waals surface area contributed by atoms with Gasteiger partial charge < -0.3 is 86.2 Å². The second kappa shape index (κ2) is 47.4. The zero-order chi connectivity index (χ0) is 89.9. The van der Waals surface area contributed by atoms with Gasteiger partial charge in [-0.3, -0.25) is 67.3 Å². The minimum atomic E-state index is -1.17. The smallest absolute Gasteiger partial charge is 0.409 e. The third-order valence-corrected chi connectivity index (χ3v) is 23.9. The van der Waals surface area contributed by atoms with Crippen LogP contribution in [0.1, 0.15) is 175 Å². The monoisotopic (exact) mass is 1720 g/mol. The van der Waals surface area contributed by atoms with Gasteiger partial charge in [-0.05, 0) is 118 Å². The summed E-state index contributed by atoms with van der Waals surface area (Å²) in [5, 5.41) is 18.8. The highest BCUT2D eigenvalue weighted by atomic mass is 32.2. The molecule has 672 valence electrons. The number of thioether (sulfide) groups is 1. The van der Waals surface area contributed by atoms with Gasteiger partial charge in [0.25, 0.3) is 11.8 Å². The predicted octanol–water partition coefficient (Wildman–Crippen LogP) is 4.96. The van der Waals surface area contributed by atoms with Crippen LogP contribution in [0.5, 0.6) is 5.75 Å². The van der Waals surface area contributed by atoms with E-state index in [1.807, 2.05) is 41.5 Å². The van der Waals surface area contributed by atoms with Crippen molar-refractivity contribution in [2.24, 2.45) is 40.7 Å². The number of alkyl carbamates (subject to hydrolysis) is 1. The summed E-state index contributed by atoms with van der Waals surface area (Å²) in [5.74, 6) is -9.31. The highest BCUT2D eigenvalue weighted by molar-refractivity contribution is 8.00. The van der Waals surface area contributed by atoms with Crippen LogP contribution in [0, 0.1) is 40.8 Å². The summed E-state index contributed by atoms with van der Waals surface area (Å²) in [7, 11) is 10.7. The van der Waals surface area contributed by atoms with E-state index in [9.17, 15) is 76.3 Å². The number of hydroxylamine groups is 2. The van der Waals surface area contributed by atoms with Gasteiger partial charge >= 0.3 is 24.2 Å². The van der Waals surface area contributed by atoms with Gasteiger partial charge in [-0.2, -0.15) is 0 Å². The number of likely N-dealkylation sites (N-methyl/N-ethyl adjacent to an activating group) is 3. The number of benzene rings is 2. The first-order valence-electron chi connectivity index (χ1n) is 41.3. The second-order valence-corrected chi connectivity index (χ2v) is 34.0. The number of halogens is 1. The van der Waals surface area contributed by atoms with Crippen LogP contribution >= 0.6 is 11.8 Å². The summed E-state index contributed by atoms with van der Waals surface area (Å²) in [5.41, 5.74) is 5.60. The normalized spacial score (nSPS) is 18.5. The van der Waals surface area contributed by atoms with Crippen molar-refractivity contribution in [3.8, 4) is 5.75 Å². The van der Waals surface area contributed by atoms with Crippen LogP contribution in [0.3, 0.4) is 0 Å². The summed E-state index contributed by atoms with van der Waals surface area (Å²) >= 11 is 1.29. The zero-order valence-corrected chi connectivity index (χ0v) is 73.3. The fourth-order valence-electron chi connectivity index (χ4n) is 15.0. The van der Waals surface area contributed by atoms with Crippen molar-refractivity contribution in [1.82, 2.24) is 61.5 Å².